The summed E-state index contributed by atoms with van der Waals surface area (Å²) in [6, 6.07) is 6.46. The van der Waals surface area contributed by atoms with Gasteiger partial charge in [-0.25, -0.2) is 0 Å². The molecule has 1 fully saturated rings. The van der Waals surface area contributed by atoms with Crippen LogP contribution in [0.2, 0.25) is 0 Å². The third kappa shape index (κ3) is 2.51. The Hall–Kier alpha value is -0.510. The molecule has 1 saturated heterocycles. The Morgan fingerprint density at radius 3 is 2.71 bits per heavy atom. The number of hydrogen-bond donors (Lipinski definition) is 2. The zero-order valence-electron chi connectivity index (χ0n) is 9.50. The zero-order chi connectivity index (χ0) is 11.0. The fourth-order valence-corrected chi connectivity index (χ4v) is 2.95. The molecule has 0 unspecified atom stereocenters. The molecule has 1 aliphatic rings. The van der Waals surface area contributed by atoms with E-state index in [0.717, 1.165) is 17.6 Å². The molecule has 0 amide bonds. The largest absolute Gasteiger partial charge is 0.361 e. The first-order chi connectivity index (χ1) is 7.84. The van der Waals surface area contributed by atoms with Gasteiger partial charge in [0.05, 0.1) is 0 Å². The van der Waals surface area contributed by atoms with Crippen LogP contribution >= 0.6 is 28.3 Å². The van der Waals surface area contributed by atoms with E-state index in [1.807, 2.05) is 0 Å². The van der Waals surface area contributed by atoms with Crippen LogP contribution in [0.1, 0.15) is 24.3 Å². The van der Waals surface area contributed by atoms with Gasteiger partial charge in [-0.2, -0.15) is 0 Å². The number of aromatic nitrogens is 1. The summed E-state index contributed by atoms with van der Waals surface area (Å²) in [6.07, 6.45) is 4.69. The van der Waals surface area contributed by atoms with Crippen LogP contribution in [0.4, 0.5) is 0 Å². The summed E-state index contributed by atoms with van der Waals surface area (Å²) in [5.74, 6) is 0.712. The summed E-state index contributed by atoms with van der Waals surface area (Å²) in [6.45, 7) is 2.29. The SMILES string of the molecule is Brc1ccc2[nH]cc(C3CCNCC3)c2c1.Cl. The fourth-order valence-electron chi connectivity index (χ4n) is 2.59. The number of nitrogens with one attached hydrogen (secondary N) is 2. The maximum Gasteiger partial charge on any atom is 0.0457 e. The molecule has 1 aromatic heterocycles. The number of halogens is 2. The number of benzene rings is 1. The van der Waals surface area contributed by atoms with Crippen LogP contribution in [0, 0.1) is 0 Å². The van der Waals surface area contributed by atoms with Gasteiger partial charge in [0, 0.05) is 21.6 Å². The normalized spacial score (nSPS) is 17.0. The van der Waals surface area contributed by atoms with Crippen molar-refractivity contribution in [3.8, 4) is 0 Å². The summed E-state index contributed by atoms with van der Waals surface area (Å²) >= 11 is 3.55. The van der Waals surface area contributed by atoms with Gasteiger partial charge in [-0.1, -0.05) is 15.9 Å². The van der Waals surface area contributed by atoms with E-state index in [-0.39, 0.29) is 12.4 Å². The summed E-state index contributed by atoms with van der Waals surface area (Å²) in [5, 5.41) is 4.79. The summed E-state index contributed by atoms with van der Waals surface area (Å²) in [5.41, 5.74) is 2.73. The van der Waals surface area contributed by atoms with Gasteiger partial charge in [0.15, 0.2) is 0 Å². The van der Waals surface area contributed by atoms with Crippen molar-refractivity contribution >= 4 is 39.2 Å². The molecule has 3 rings (SSSR count). The van der Waals surface area contributed by atoms with Crippen molar-refractivity contribution in [2.75, 3.05) is 13.1 Å². The molecule has 4 heteroatoms. The molecule has 0 aliphatic carbocycles. The van der Waals surface area contributed by atoms with Crippen molar-refractivity contribution in [1.82, 2.24) is 10.3 Å². The molecular weight excluding hydrogens is 300 g/mol. The predicted molar refractivity (Wildman–Crippen MR) is 78.1 cm³/mol. The van der Waals surface area contributed by atoms with Crippen molar-refractivity contribution in [2.24, 2.45) is 0 Å². The van der Waals surface area contributed by atoms with Gasteiger partial charge in [0.1, 0.15) is 0 Å². The van der Waals surface area contributed by atoms with Gasteiger partial charge in [0.2, 0.25) is 0 Å². The van der Waals surface area contributed by atoms with E-state index < -0.39 is 0 Å². The van der Waals surface area contributed by atoms with Crippen molar-refractivity contribution in [2.45, 2.75) is 18.8 Å². The summed E-state index contributed by atoms with van der Waals surface area (Å²) < 4.78 is 1.16. The fraction of sp³-hybridized carbons (Fsp3) is 0.385. The van der Waals surface area contributed by atoms with Gasteiger partial charge < -0.3 is 10.3 Å². The molecular formula is C13H16BrClN2. The van der Waals surface area contributed by atoms with E-state index in [9.17, 15) is 0 Å². The number of fused-ring (bicyclic) bond motifs is 1. The van der Waals surface area contributed by atoms with Crippen LogP contribution in [-0.4, -0.2) is 18.1 Å². The van der Waals surface area contributed by atoms with E-state index in [2.05, 4.69) is 50.6 Å². The lowest BCUT2D eigenvalue weighted by atomic mass is 9.90. The number of rotatable bonds is 1. The second-order valence-corrected chi connectivity index (χ2v) is 5.37. The highest BCUT2D eigenvalue weighted by Crippen LogP contribution is 2.32. The quantitative estimate of drug-likeness (QED) is 0.822. The molecule has 0 spiro atoms. The molecule has 0 radical (unpaired) electrons. The Morgan fingerprint density at radius 1 is 1.18 bits per heavy atom. The molecule has 2 N–H and O–H groups in total. The van der Waals surface area contributed by atoms with Crippen molar-refractivity contribution < 1.29 is 0 Å². The highest BCUT2D eigenvalue weighted by Gasteiger charge is 2.18. The smallest absolute Gasteiger partial charge is 0.0457 e. The van der Waals surface area contributed by atoms with Crippen molar-refractivity contribution in [3.63, 3.8) is 0 Å². The summed E-state index contributed by atoms with van der Waals surface area (Å²) in [4.78, 5) is 3.37. The number of H-pyrrole nitrogens is 1. The van der Waals surface area contributed by atoms with Crippen LogP contribution in [0.3, 0.4) is 0 Å². The Labute approximate surface area is 116 Å². The third-order valence-corrected chi connectivity index (χ3v) is 3.95. The molecule has 17 heavy (non-hydrogen) atoms. The lowest BCUT2D eigenvalue weighted by Gasteiger charge is -2.22. The van der Waals surface area contributed by atoms with Crippen LogP contribution in [0.15, 0.2) is 28.9 Å². The minimum atomic E-state index is 0. The van der Waals surface area contributed by atoms with Crippen molar-refractivity contribution in [1.29, 1.82) is 0 Å². The Bertz CT molecular complexity index is 503. The average Bonchev–Trinajstić information content (AvgIpc) is 2.73. The van der Waals surface area contributed by atoms with Crippen LogP contribution in [-0.2, 0) is 0 Å². The van der Waals surface area contributed by atoms with E-state index in [1.54, 1.807) is 0 Å². The van der Waals surface area contributed by atoms with Gasteiger partial charge in [-0.05, 0) is 55.6 Å². The lowest BCUT2D eigenvalue weighted by Crippen LogP contribution is -2.26. The molecule has 2 heterocycles. The highest BCUT2D eigenvalue weighted by molar-refractivity contribution is 9.10. The van der Waals surface area contributed by atoms with Crippen LogP contribution in [0.25, 0.3) is 10.9 Å². The molecule has 0 atom stereocenters. The third-order valence-electron chi connectivity index (χ3n) is 3.45. The Morgan fingerprint density at radius 2 is 1.94 bits per heavy atom. The van der Waals surface area contributed by atoms with Gasteiger partial charge >= 0.3 is 0 Å². The van der Waals surface area contributed by atoms with E-state index >= 15 is 0 Å². The topological polar surface area (TPSA) is 27.8 Å². The van der Waals surface area contributed by atoms with Gasteiger partial charge in [-0.3, -0.25) is 0 Å². The minimum absolute atomic E-state index is 0. The molecule has 0 bridgehead atoms. The maximum absolute atomic E-state index is 3.55. The maximum atomic E-state index is 3.55. The van der Waals surface area contributed by atoms with Crippen LogP contribution < -0.4 is 5.32 Å². The van der Waals surface area contributed by atoms with Gasteiger partial charge in [-0.15, -0.1) is 12.4 Å². The Kier molecular flexibility index (Phi) is 4.13. The van der Waals surface area contributed by atoms with E-state index in [1.165, 1.54) is 29.3 Å². The first kappa shape index (κ1) is 12.9. The molecule has 2 nitrogen and oxygen atoms in total. The first-order valence-electron chi connectivity index (χ1n) is 5.82. The van der Waals surface area contributed by atoms with Gasteiger partial charge in [0.25, 0.3) is 0 Å². The predicted octanol–water partition coefficient (Wildman–Crippen LogP) is 3.82. The molecule has 92 valence electrons. The second kappa shape index (κ2) is 5.42. The molecule has 2 aromatic rings. The Balaban J connectivity index is 0.00000108. The lowest BCUT2D eigenvalue weighted by molar-refractivity contribution is 0.462. The number of aromatic amines is 1. The van der Waals surface area contributed by atoms with Crippen LogP contribution in [0.5, 0.6) is 0 Å². The minimum Gasteiger partial charge on any atom is -0.361 e. The standard InChI is InChI=1S/C13H15BrN2.ClH/c14-10-1-2-13-11(7-10)12(8-16-13)9-3-5-15-6-4-9;/h1-2,7-9,15-16H,3-6H2;1H. The van der Waals surface area contributed by atoms with E-state index in [4.69, 9.17) is 0 Å². The average molecular weight is 316 g/mol. The van der Waals surface area contributed by atoms with Crippen molar-refractivity contribution in [3.05, 3.63) is 34.4 Å². The number of piperidine rings is 1. The number of hydrogen-bond acceptors (Lipinski definition) is 1. The van der Waals surface area contributed by atoms with E-state index in [0.29, 0.717) is 5.92 Å². The monoisotopic (exact) mass is 314 g/mol. The first-order valence-corrected chi connectivity index (χ1v) is 6.61. The zero-order valence-corrected chi connectivity index (χ0v) is 11.9. The highest BCUT2D eigenvalue weighted by atomic mass is 79.9. The molecule has 1 aliphatic heterocycles. The molecule has 0 saturated carbocycles. The second-order valence-electron chi connectivity index (χ2n) is 4.46. The summed E-state index contributed by atoms with van der Waals surface area (Å²) in [7, 11) is 0. The molecule has 1 aromatic carbocycles.